The van der Waals surface area contributed by atoms with Gasteiger partial charge in [0.15, 0.2) is 5.69 Å². The zero-order valence-corrected chi connectivity index (χ0v) is 19.0. The molecule has 2 N–H and O–H groups in total. The van der Waals surface area contributed by atoms with E-state index >= 15 is 0 Å². The highest BCUT2D eigenvalue weighted by atomic mass is 16.2. The fourth-order valence-electron chi connectivity index (χ4n) is 4.29. The van der Waals surface area contributed by atoms with E-state index in [1.165, 1.54) is 5.56 Å². The number of aryl methyl sites for hydroxylation is 1. The largest absolute Gasteiger partial charge is 0.347 e. The van der Waals surface area contributed by atoms with E-state index < -0.39 is 0 Å². The molecule has 34 heavy (non-hydrogen) atoms. The fourth-order valence-corrected chi connectivity index (χ4v) is 4.29. The number of benzene rings is 2. The maximum absolute atomic E-state index is 13.1. The SMILES string of the molecule is Cc1ccc(-n2nc(C(=O)NCc3cccc(NC(=O)Cn4cccn4)c3)c3c2CCC3)cc1. The lowest BCUT2D eigenvalue weighted by molar-refractivity contribution is -0.116. The second kappa shape index (κ2) is 9.35. The summed E-state index contributed by atoms with van der Waals surface area (Å²) in [5.41, 5.74) is 6.38. The number of nitrogens with one attached hydrogen (secondary N) is 2. The number of amides is 2. The van der Waals surface area contributed by atoms with Crippen molar-refractivity contribution in [2.24, 2.45) is 0 Å². The van der Waals surface area contributed by atoms with Crippen molar-refractivity contribution in [3.05, 3.63) is 95.1 Å². The molecule has 8 nitrogen and oxygen atoms in total. The number of carbonyl (C=O) groups is 2. The third kappa shape index (κ3) is 4.61. The predicted molar refractivity (Wildman–Crippen MR) is 129 cm³/mol. The van der Waals surface area contributed by atoms with Gasteiger partial charge in [0.2, 0.25) is 5.91 Å². The summed E-state index contributed by atoms with van der Waals surface area (Å²) in [5.74, 6) is -0.348. The minimum atomic E-state index is -0.183. The monoisotopic (exact) mass is 454 g/mol. The molecule has 1 aliphatic rings. The lowest BCUT2D eigenvalue weighted by atomic mass is 10.1. The van der Waals surface area contributed by atoms with Crippen molar-refractivity contribution in [3.63, 3.8) is 0 Å². The first kappa shape index (κ1) is 21.6. The van der Waals surface area contributed by atoms with Crippen LogP contribution in [0.1, 0.15) is 39.3 Å². The van der Waals surface area contributed by atoms with Crippen LogP contribution in [0.5, 0.6) is 0 Å². The summed E-state index contributed by atoms with van der Waals surface area (Å²) in [4.78, 5) is 25.3. The Bertz CT molecular complexity index is 1320. The second-order valence-corrected chi connectivity index (χ2v) is 8.51. The molecule has 0 bridgehead atoms. The molecule has 0 atom stereocenters. The smallest absolute Gasteiger partial charge is 0.272 e. The average molecular weight is 455 g/mol. The number of fused-ring (bicyclic) bond motifs is 1. The Hall–Kier alpha value is -4.20. The first-order valence-electron chi connectivity index (χ1n) is 11.4. The molecular weight excluding hydrogens is 428 g/mol. The summed E-state index contributed by atoms with van der Waals surface area (Å²) >= 11 is 0. The summed E-state index contributed by atoms with van der Waals surface area (Å²) in [5, 5.41) is 14.6. The third-order valence-corrected chi connectivity index (χ3v) is 5.95. The molecule has 0 saturated carbocycles. The van der Waals surface area contributed by atoms with Crippen molar-refractivity contribution in [3.8, 4) is 5.69 Å². The summed E-state index contributed by atoms with van der Waals surface area (Å²) in [6, 6.07) is 17.4. The molecule has 2 aromatic carbocycles. The van der Waals surface area contributed by atoms with E-state index in [2.05, 4.69) is 39.9 Å². The Morgan fingerprint density at radius 3 is 2.71 bits per heavy atom. The average Bonchev–Trinajstić information content (AvgIpc) is 3.57. The minimum Gasteiger partial charge on any atom is -0.347 e. The van der Waals surface area contributed by atoms with Crippen LogP contribution in [0.2, 0.25) is 0 Å². The van der Waals surface area contributed by atoms with Crippen molar-refractivity contribution < 1.29 is 9.59 Å². The Morgan fingerprint density at radius 2 is 1.91 bits per heavy atom. The molecule has 2 amide bonds. The molecule has 0 fully saturated rings. The van der Waals surface area contributed by atoms with Gasteiger partial charge in [-0.3, -0.25) is 14.3 Å². The molecular formula is C26H26N6O2. The van der Waals surface area contributed by atoms with Crippen molar-refractivity contribution in [1.82, 2.24) is 24.9 Å². The first-order valence-corrected chi connectivity index (χ1v) is 11.4. The molecule has 4 aromatic rings. The summed E-state index contributed by atoms with van der Waals surface area (Å²) in [6.45, 7) is 2.53. The van der Waals surface area contributed by atoms with Gasteiger partial charge in [-0.15, -0.1) is 0 Å². The number of anilines is 1. The van der Waals surface area contributed by atoms with E-state index in [1.54, 1.807) is 23.1 Å². The van der Waals surface area contributed by atoms with Gasteiger partial charge in [0.05, 0.1) is 5.69 Å². The highest BCUT2D eigenvalue weighted by Crippen LogP contribution is 2.28. The van der Waals surface area contributed by atoms with E-state index in [0.717, 1.165) is 41.8 Å². The van der Waals surface area contributed by atoms with Crippen molar-refractivity contribution in [2.45, 2.75) is 39.3 Å². The zero-order valence-electron chi connectivity index (χ0n) is 19.0. The van der Waals surface area contributed by atoms with Crippen LogP contribution in [0.25, 0.3) is 5.69 Å². The zero-order chi connectivity index (χ0) is 23.5. The van der Waals surface area contributed by atoms with Crippen LogP contribution in [-0.4, -0.2) is 31.4 Å². The molecule has 172 valence electrons. The standard InChI is InChI=1S/C26H26N6O2/c1-18-9-11-21(12-10-18)32-23-8-3-7-22(23)25(30-32)26(34)27-16-19-5-2-6-20(15-19)29-24(33)17-31-14-4-13-28-31/h2,4-6,9-15H,3,7-8,16-17H2,1H3,(H,27,34)(H,29,33). The molecule has 2 heterocycles. The van der Waals surface area contributed by atoms with E-state index in [1.807, 2.05) is 41.1 Å². The van der Waals surface area contributed by atoms with E-state index in [0.29, 0.717) is 17.9 Å². The van der Waals surface area contributed by atoms with Crippen molar-refractivity contribution in [2.75, 3.05) is 5.32 Å². The minimum absolute atomic E-state index is 0.142. The van der Waals surface area contributed by atoms with Gasteiger partial charge in [-0.1, -0.05) is 29.8 Å². The number of carbonyl (C=O) groups excluding carboxylic acids is 2. The van der Waals surface area contributed by atoms with Crippen LogP contribution in [0.3, 0.4) is 0 Å². The van der Waals surface area contributed by atoms with Crippen LogP contribution in [-0.2, 0) is 30.7 Å². The number of nitrogens with zero attached hydrogens (tertiary/aromatic N) is 4. The maximum atomic E-state index is 13.1. The Kier molecular flexibility index (Phi) is 5.95. The van der Waals surface area contributed by atoms with Crippen LogP contribution in [0.4, 0.5) is 5.69 Å². The molecule has 0 unspecified atom stereocenters. The fraction of sp³-hybridized carbons (Fsp3) is 0.231. The highest BCUT2D eigenvalue weighted by Gasteiger charge is 2.26. The number of rotatable bonds is 7. The summed E-state index contributed by atoms with van der Waals surface area (Å²) in [6.07, 6.45) is 6.18. The summed E-state index contributed by atoms with van der Waals surface area (Å²) < 4.78 is 3.47. The van der Waals surface area contributed by atoms with Gasteiger partial charge in [0.1, 0.15) is 6.54 Å². The van der Waals surface area contributed by atoms with Gasteiger partial charge in [-0.25, -0.2) is 4.68 Å². The second-order valence-electron chi connectivity index (χ2n) is 8.51. The molecule has 8 heteroatoms. The van der Waals surface area contributed by atoms with E-state index in [9.17, 15) is 9.59 Å². The third-order valence-electron chi connectivity index (χ3n) is 5.95. The molecule has 5 rings (SSSR count). The van der Waals surface area contributed by atoms with E-state index in [4.69, 9.17) is 0 Å². The number of hydrogen-bond acceptors (Lipinski definition) is 4. The molecule has 0 radical (unpaired) electrons. The van der Waals surface area contributed by atoms with Crippen LogP contribution < -0.4 is 10.6 Å². The lowest BCUT2D eigenvalue weighted by Gasteiger charge is -2.09. The molecule has 0 saturated heterocycles. The van der Waals surface area contributed by atoms with Crippen LogP contribution >= 0.6 is 0 Å². The maximum Gasteiger partial charge on any atom is 0.272 e. The molecule has 1 aliphatic carbocycles. The van der Waals surface area contributed by atoms with Gasteiger partial charge >= 0.3 is 0 Å². The van der Waals surface area contributed by atoms with Gasteiger partial charge in [-0.2, -0.15) is 10.2 Å². The van der Waals surface area contributed by atoms with Crippen LogP contribution in [0.15, 0.2) is 67.0 Å². The van der Waals surface area contributed by atoms with Gasteiger partial charge in [0, 0.05) is 35.9 Å². The van der Waals surface area contributed by atoms with Gasteiger partial charge in [0.25, 0.3) is 5.91 Å². The molecule has 2 aromatic heterocycles. The Labute approximate surface area is 197 Å². The van der Waals surface area contributed by atoms with Crippen molar-refractivity contribution >= 4 is 17.5 Å². The lowest BCUT2D eigenvalue weighted by Crippen LogP contribution is -2.24. The molecule has 0 spiro atoms. The topological polar surface area (TPSA) is 93.8 Å². The van der Waals surface area contributed by atoms with Crippen molar-refractivity contribution in [1.29, 1.82) is 0 Å². The first-order chi connectivity index (χ1) is 16.6. The number of hydrogen-bond donors (Lipinski definition) is 2. The Balaban J connectivity index is 1.26. The normalized spacial score (nSPS) is 12.4. The predicted octanol–water partition coefficient (Wildman–Crippen LogP) is 3.43. The van der Waals surface area contributed by atoms with Gasteiger partial charge < -0.3 is 10.6 Å². The Morgan fingerprint density at radius 1 is 1.06 bits per heavy atom. The highest BCUT2D eigenvalue weighted by molar-refractivity contribution is 5.94. The number of aromatic nitrogens is 4. The molecule has 0 aliphatic heterocycles. The van der Waals surface area contributed by atoms with Gasteiger partial charge in [-0.05, 0) is 62.1 Å². The quantitative estimate of drug-likeness (QED) is 0.447. The van der Waals surface area contributed by atoms with Crippen LogP contribution in [0, 0.1) is 6.92 Å². The van der Waals surface area contributed by atoms with E-state index in [-0.39, 0.29) is 18.4 Å². The summed E-state index contributed by atoms with van der Waals surface area (Å²) in [7, 11) is 0.